The van der Waals surface area contributed by atoms with Crippen LogP contribution in [-0.4, -0.2) is 0 Å². The van der Waals surface area contributed by atoms with E-state index in [2.05, 4.69) is 21.2 Å². The highest BCUT2D eigenvalue weighted by molar-refractivity contribution is 9.10. The van der Waals surface area contributed by atoms with Gasteiger partial charge in [0.25, 0.3) is 0 Å². The first-order valence-corrected chi connectivity index (χ1v) is 7.07. The summed E-state index contributed by atoms with van der Waals surface area (Å²) in [4.78, 5) is 0. The fourth-order valence-electron chi connectivity index (χ4n) is 2.02. The van der Waals surface area contributed by atoms with Gasteiger partial charge in [-0.3, -0.25) is 0 Å². The van der Waals surface area contributed by atoms with Crippen molar-refractivity contribution in [1.82, 2.24) is 0 Å². The highest BCUT2D eigenvalue weighted by Crippen LogP contribution is 2.31. The molecule has 2 nitrogen and oxygen atoms in total. The summed E-state index contributed by atoms with van der Waals surface area (Å²) < 4.78 is 6.56. The number of furan rings is 1. The van der Waals surface area contributed by atoms with Crippen molar-refractivity contribution in [2.75, 3.05) is 5.32 Å². The van der Waals surface area contributed by atoms with Crippen molar-refractivity contribution in [3.8, 4) is 0 Å². The molecule has 0 unspecified atom stereocenters. The molecule has 2 aromatic carbocycles. The molecule has 0 saturated heterocycles. The number of para-hydroxylation sites is 2. The van der Waals surface area contributed by atoms with E-state index in [4.69, 9.17) is 16.0 Å². The molecule has 1 N–H and O–H groups in total. The molecule has 1 aromatic heterocycles. The number of halogens is 2. The Kier molecular flexibility index (Phi) is 3.49. The normalized spacial score (nSPS) is 10.8. The predicted octanol–water partition coefficient (Wildman–Crippen LogP) is 5.46. The minimum atomic E-state index is 0.445. The van der Waals surface area contributed by atoms with Crippen LogP contribution in [0, 0.1) is 0 Å². The summed E-state index contributed by atoms with van der Waals surface area (Å²) >= 11 is 9.67. The van der Waals surface area contributed by atoms with E-state index in [1.165, 1.54) is 0 Å². The number of benzene rings is 2. The number of nitrogens with one attached hydrogen (secondary N) is 1. The first-order valence-electron chi connectivity index (χ1n) is 5.90. The molecule has 0 saturated carbocycles. The molecule has 0 amide bonds. The zero-order chi connectivity index (χ0) is 13.2. The Morgan fingerprint density at radius 2 is 1.79 bits per heavy atom. The van der Waals surface area contributed by atoms with Crippen LogP contribution in [0.25, 0.3) is 11.0 Å². The van der Waals surface area contributed by atoms with E-state index < -0.39 is 0 Å². The van der Waals surface area contributed by atoms with Crippen LogP contribution in [0.2, 0.25) is 5.22 Å². The third kappa shape index (κ3) is 2.48. The van der Waals surface area contributed by atoms with Crippen LogP contribution in [0.5, 0.6) is 0 Å². The van der Waals surface area contributed by atoms with E-state index >= 15 is 0 Å². The fraction of sp³-hybridized carbons (Fsp3) is 0.0667. The smallest absolute Gasteiger partial charge is 0.199 e. The molecular weight excluding hydrogens is 326 g/mol. The molecular formula is C15H11BrClNO. The third-order valence-corrected chi connectivity index (χ3v) is 3.98. The highest BCUT2D eigenvalue weighted by Gasteiger charge is 2.11. The zero-order valence-corrected chi connectivity index (χ0v) is 12.3. The third-order valence-electron chi connectivity index (χ3n) is 2.98. The number of fused-ring (bicyclic) bond motifs is 1. The van der Waals surface area contributed by atoms with E-state index in [1.807, 2.05) is 48.5 Å². The lowest BCUT2D eigenvalue weighted by atomic mass is 10.2. The summed E-state index contributed by atoms with van der Waals surface area (Å²) in [6.45, 7) is 0.623. The van der Waals surface area contributed by atoms with Crippen LogP contribution >= 0.6 is 27.5 Å². The van der Waals surface area contributed by atoms with Gasteiger partial charge in [0.05, 0.1) is 0 Å². The van der Waals surface area contributed by atoms with Crippen LogP contribution in [0.3, 0.4) is 0 Å². The Hall–Kier alpha value is -1.45. The summed E-state index contributed by atoms with van der Waals surface area (Å²) in [5.74, 6) is 0. The van der Waals surface area contributed by atoms with E-state index in [0.29, 0.717) is 11.8 Å². The van der Waals surface area contributed by atoms with Crippen molar-refractivity contribution in [3.05, 3.63) is 63.8 Å². The van der Waals surface area contributed by atoms with Crippen molar-refractivity contribution in [2.24, 2.45) is 0 Å². The lowest BCUT2D eigenvalue weighted by Gasteiger charge is -2.07. The van der Waals surface area contributed by atoms with Gasteiger partial charge in [0.15, 0.2) is 5.22 Å². The zero-order valence-electron chi connectivity index (χ0n) is 9.99. The van der Waals surface area contributed by atoms with Gasteiger partial charge in [0, 0.05) is 27.7 Å². The van der Waals surface area contributed by atoms with E-state index in [9.17, 15) is 0 Å². The molecule has 0 aliphatic heterocycles. The van der Waals surface area contributed by atoms with Crippen LogP contribution in [-0.2, 0) is 6.54 Å². The van der Waals surface area contributed by atoms with Crippen LogP contribution in [0.1, 0.15) is 5.56 Å². The molecule has 0 atom stereocenters. The van der Waals surface area contributed by atoms with E-state index in [1.54, 1.807) is 0 Å². The molecule has 3 aromatic rings. The number of anilines is 1. The van der Waals surface area contributed by atoms with E-state index in [0.717, 1.165) is 26.7 Å². The predicted molar refractivity (Wildman–Crippen MR) is 82.7 cm³/mol. The Balaban J connectivity index is 1.90. The second kappa shape index (κ2) is 5.27. The number of hydrogen-bond donors (Lipinski definition) is 1. The monoisotopic (exact) mass is 335 g/mol. The second-order valence-corrected chi connectivity index (χ2v) is 5.38. The largest absolute Gasteiger partial charge is 0.444 e. The molecule has 96 valence electrons. The van der Waals surface area contributed by atoms with E-state index in [-0.39, 0.29) is 0 Å². The van der Waals surface area contributed by atoms with Gasteiger partial charge < -0.3 is 9.73 Å². The summed E-state index contributed by atoms with van der Waals surface area (Å²) in [5, 5.41) is 4.85. The molecule has 1 heterocycles. The Labute approximate surface area is 124 Å². The van der Waals surface area contributed by atoms with Crippen molar-refractivity contribution in [1.29, 1.82) is 0 Å². The van der Waals surface area contributed by atoms with Gasteiger partial charge in [0.2, 0.25) is 0 Å². The van der Waals surface area contributed by atoms with Crippen molar-refractivity contribution < 1.29 is 4.42 Å². The Bertz CT molecular complexity index is 723. The van der Waals surface area contributed by atoms with Gasteiger partial charge >= 0.3 is 0 Å². The second-order valence-electron chi connectivity index (χ2n) is 4.18. The molecule has 0 spiro atoms. The molecule has 19 heavy (non-hydrogen) atoms. The van der Waals surface area contributed by atoms with Crippen LogP contribution < -0.4 is 5.32 Å². The van der Waals surface area contributed by atoms with Crippen LogP contribution in [0.4, 0.5) is 5.69 Å². The lowest BCUT2D eigenvalue weighted by molar-refractivity contribution is 0.613. The molecule has 0 aliphatic carbocycles. The molecule has 0 radical (unpaired) electrons. The standard InChI is InChI=1S/C15H11BrClNO/c16-12-6-2-3-7-13(12)18-9-11-10-5-1-4-8-14(10)19-15(11)17/h1-8,18H,9H2. The Morgan fingerprint density at radius 1 is 1.05 bits per heavy atom. The van der Waals surface area contributed by atoms with Gasteiger partial charge in [-0.25, -0.2) is 0 Å². The molecule has 0 bridgehead atoms. The average molecular weight is 337 g/mol. The quantitative estimate of drug-likeness (QED) is 0.687. The van der Waals surface area contributed by atoms with Gasteiger partial charge in [0.1, 0.15) is 5.58 Å². The number of rotatable bonds is 3. The van der Waals surface area contributed by atoms with Gasteiger partial charge in [-0.2, -0.15) is 0 Å². The average Bonchev–Trinajstić information content (AvgIpc) is 2.74. The summed E-state index contributed by atoms with van der Waals surface area (Å²) in [6.07, 6.45) is 0. The van der Waals surface area contributed by atoms with Gasteiger partial charge in [-0.1, -0.05) is 30.3 Å². The fourth-order valence-corrected chi connectivity index (χ4v) is 2.70. The van der Waals surface area contributed by atoms with Gasteiger partial charge in [-0.15, -0.1) is 0 Å². The lowest BCUT2D eigenvalue weighted by Crippen LogP contribution is -1.99. The van der Waals surface area contributed by atoms with Gasteiger partial charge in [-0.05, 0) is 45.7 Å². The maximum atomic E-state index is 6.16. The summed E-state index contributed by atoms with van der Waals surface area (Å²) in [7, 11) is 0. The van der Waals surface area contributed by atoms with Crippen molar-refractivity contribution in [3.63, 3.8) is 0 Å². The summed E-state index contributed by atoms with van der Waals surface area (Å²) in [5.41, 5.74) is 2.83. The SMILES string of the molecule is Clc1oc2ccccc2c1CNc1ccccc1Br. The number of hydrogen-bond acceptors (Lipinski definition) is 2. The van der Waals surface area contributed by atoms with Crippen molar-refractivity contribution in [2.45, 2.75) is 6.54 Å². The maximum Gasteiger partial charge on any atom is 0.199 e. The highest BCUT2D eigenvalue weighted by atomic mass is 79.9. The molecule has 3 rings (SSSR count). The minimum absolute atomic E-state index is 0.445. The molecule has 0 fully saturated rings. The topological polar surface area (TPSA) is 25.2 Å². The molecule has 4 heteroatoms. The first kappa shape index (κ1) is 12.6. The van der Waals surface area contributed by atoms with Crippen LogP contribution in [0.15, 0.2) is 57.4 Å². The van der Waals surface area contributed by atoms with Crippen molar-refractivity contribution >= 4 is 44.2 Å². The molecule has 0 aliphatic rings. The Morgan fingerprint density at radius 3 is 2.63 bits per heavy atom. The maximum absolute atomic E-state index is 6.16. The minimum Gasteiger partial charge on any atom is -0.444 e. The first-order chi connectivity index (χ1) is 9.25. The summed E-state index contributed by atoms with van der Waals surface area (Å²) in [6, 6.07) is 15.8.